The van der Waals surface area contributed by atoms with Crippen LogP contribution in [0.4, 0.5) is 5.82 Å². The zero-order chi connectivity index (χ0) is 10.7. The summed E-state index contributed by atoms with van der Waals surface area (Å²) in [5.74, 6) is 0.439. The highest BCUT2D eigenvalue weighted by Gasteiger charge is 2.18. The van der Waals surface area contributed by atoms with E-state index in [1.165, 1.54) is 6.20 Å². The first kappa shape index (κ1) is 9.70. The predicted molar refractivity (Wildman–Crippen MR) is 55.5 cm³/mol. The number of aromatic nitrogens is 2. The van der Waals surface area contributed by atoms with Crippen molar-refractivity contribution in [2.45, 2.75) is 12.8 Å². The van der Waals surface area contributed by atoms with Crippen molar-refractivity contribution >= 4 is 11.5 Å². The highest BCUT2D eigenvalue weighted by Crippen LogP contribution is 2.11. The molecule has 0 radical (unpaired) electrons. The molecule has 1 aliphatic heterocycles. The quantitative estimate of drug-likeness (QED) is 0.510. The predicted octanol–water partition coefficient (Wildman–Crippen LogP) is 0.200. The monoisotopic (exact) mass is 208 g/mol. The highest BCUT2D eigenvalue weighted by atomic mass is 16.4. The van der Waals surface area contributed by atoms with E-state index in [2.05, 4.69) is 15.1 Å². The molecule has 0 unspecified atom stereocenters. The Labute approximate surface area is 86.3 Å². The van der Waals surface area contributed by atoms with Gasteiger partial charge in [0.25, 0.3) is 5.56 Å². The smallest absolute Gasteiger partial charge is 0.290 e. The van der Waals surface area contributed by atoms with Crippen molar-refractivity contribution in [1.82, 2.24) is 9.97 Å². The largest absolute Gasteiger partial charge is 0.411 e. The summed E-state index contributed by atoms with van der Waals surface area (Å²) in [5, 5.41) is 11.8. The van der Waals surface area contributed by atoms with Gasteiger partial charge in [0.2, 0.25) is 0 Å². The molecule has 0 amide bonds. The van der Waals surface area contributed by atoms with Gasteiger partial charge < -0.3 is 15.1 Å². The zero-order valence-corrected chi connectivity index (χ0v) is 8.18. The lowest BCUT2D eigenvalue weighted by Crippen LogP contribution is -2.37. The first-order valence-electron chi connectivity index (χ1n) is 4.79. The van der Waals surface area contributed by atoms with Crippen molar-refractivity contribution < 1.29 is 5.21 Å². The first-order valence-corrected chi connectivity index (χ1v) is 4.79. The summed E-state index contributed by atoms with van der Waals surface area (Å²) in [6, 6.07) is 0. The third kappa shape index (κ3) is 1.98. The van der Waals surface area contributed by atoms with Crippen LogP contribution < -0.4 is 10.5 Å². The van der Waals surface area contributed by atoms with Gasteiger partial charge in [-0.15, -0.1) is 0 Å². The molecule has 0 atom stereocenters. The summed E-state index contributed by atoms with van der Waals surface area (Å²) in [5.41, 5.74) is 0.598. The molecule has 1 aromatic heterocycles. The maximum Gasteiger partial charge on any atom is 0.290 e. The number of H-pyrrole nitrogens is 1. The number of piperidine rings is 1. The Morgan fingerprint density at radius 2 is 2.20 bits per heavy atom. The van der Waals surface area contributed by atoms with E-state index in [4.69, 9.17) is 5.21 Å². The van der Waals surface area contributed by atoms with Crippen LogP contribution in [0.5, 0.6) is 0 Å². The Balaban J connectivity index is 2.15. The molecule has 1 aromatic rings. The standard InChI is InChI=1S/C9H12N4O2/c14-9-8(10-3-4-11-9)13-5-1-7(12-15)2-6-13/h3-4,15H,1-2,5-6H2,(H,11,14). The summed E-state index contributed by atoms with van der Waals surface area (Å²) in [6.07, 6.45) is 4.42. The molecular formula is C9H12N4O2. The van der Waals surface area contributed by atoms with E-state index in [1.807, 2.05) is 4.90 Å². The van der Waals surface area contributed by atoms with Crippen molar-refractivity contribution in [2.75, 3.05) is 18.0 Å². The number of hydrogen-bond acceptors (Lipinski definition) is 5. The fourth-order valence-corrected chi connectivity index (χ4v) is 1.65. The fourth-order valence-electron chi connectivity index (χ4n) is 1.65. The van der Waals surface area contributed by atoms with Crippen LogP contribution in [0.15, 0.2) is 22.3 Å². The number of aromatic amines is 1. The molecular weight excluding hydrogens is 196 g/mol. The van der Waals surface area contributed by atoms with E-state index in [1.54, 1.807) is 6.20 Å². The molecule has 80 valence electrons. The van der Waals surface area contributed by atoms with Gasteiger partial charge in [0.15, 0.2) is 5.82 Å². The van der Waals surface area contributed by atoms with Crippen LogP contribution in [0.2, 0.25) is 0 Å². The normalized spacial score (nSPS) is 16.5. The van der Waals surface area contributed by atoms with E-state index in [9.17, 15) is 4.79 Å². The fraction of sp³-hybridized carbons (Fsp3) is 0.444. The number of rotatable bonds is 1. The van der Waals surface area contributed by atoms with Crippen LogP contribution in [0, 0.1) is 0 Å². The van der Waals surface area contributed by atoms with Gasteiger partial charge in [-0.3, -0.25) is 4.79 Å². The van der Waals surface area contributed by atoms with Crippen LogP contribution >= 0.6 is 0 Å². The van der Waals surface area contributed by atoms with E-state index in [0.29, 0.717) is 31.7 Å². The Morgan fingerprint density at radius 1 is 1.47 bits per heavy atom. The van der Waals surface area contributed by atoms with Crippen molar-refractivity contribution in [3.8, 4) is 0 Å². The zero-order valence-electron chi connectivity index (χ0n) is 8.18. The maximum absolute atomic E-state index is 11.4. The van der Waals surface area contributed by atoms with Crippen LogP contribution in [0.3, 0.4) is 0 Å². The topological polar surface area (TPSA) is 81.6 Å². The minimum absolute atomic E-state index is 0.179. The Kier molecular flexibility index (Phi) is 2.66. The van der Waals surface area contributed by atoms with E-state index >= 15 is 0 Å². The molecule has 1 aliphatic rings. The Morgan fingerprint density at radius 3 is 2.80 bits per heavy atom. The SMILES string of the molecule is O=c1[nH]ccnc1N1CCC(=NO)CC1. The average Bonchev–Trinajstić information content (AvgIpc) is 2.30. The van der Waals surface area contributed by atoms with E-state index in [0.717, 1.165) is 5.71 Å². The molecule has 2 heterocycles. The van der Waals surface area contributed by atoms with Gasteiger partial charge >= 0.3 is 0 Å². The molecule has 0 saturated carbocycles. The van der Waals surface area contributed by atoms with Crippen molar-refractivity contribution in [2.24, 2.45) is 5.16 Å². The molecule has 2 N–H and O–H groups in total. The van der Waals surface area contributed by atoms with E-state index < -0.39 is 0 Å². The molecule has 0 aromatic carbocycles. The lowest BCUT2D eigenvalue weighted by molar-refractivity contribution is 0.315. The Hall–Kier alpha value is -1.85. The third-order valence-electron chi connectivity index (χ3n) is 2.47. The summed E-state index contributed by atoms with van der Waals surface area (Å²) in [4.78, 5) is 19.9. The molecule has 0 bridgehead atoms. The molecule has 6 nitrogen and oxygen atoms in total. The number of nitrogens with one attached hydrogen (secondary N) is 1. The average molecular weight is 208 g/mol. The van der Waals surface area contributed by atoms with Gasteiger partial charge in [0, 0.05) is 38.3 Å². The van der Waals surface area contributed by atoms with Crippen molar-refractivity contribution in [3.05, 3.63) is 22.7 Å². The summed E-state index contributed by atoms with van der Waals surface area (Å²) >= 11 is 0. The van der Waals surface area contributed by atoms with E-state index in [-0.39, 0.29) is 5.56 Å². The second-order valence-electron chi connectivity index (χ2n) is 3.40. The van der Waals surface area contributed by atoms with Crippen molar-refractivity contribution in [1.29, 1.82) is 0 Å². The third-order valence-corrected chi connectivity index (χ3v) is 2.47. The molecule has 1 fully saturated rings. The second kappa shape index (κ2) is 4.12. The lowest BCUT2D eigenvalue weighted by atomic mass is 10.1. The summed E-state index contributed by atoms with van der Waals surface area (Å²) in [7, 11) is 0. The molecule has 6 heteroatoms. The highest BCUT2D eigenvalue weighted by molar-refractivity contribution is 5.85. The minimum Gasteiger partial charge on any atom is -0.411 e. The van der Waals surface area contributed by atoms with Crippen LogP contribution in [-0.2, 0) is 0 Å². The molecule has 0 aliphatic carbocycles. The van der Waals surface area contributed by atoms with Gasteiger partial charge in [0.05, 0.1) is 5.71 Å². The van der Waals surface area contributed by atoms with Crippen LogP contribution in [-0.4, -0.2) is 34.0 Å². The second-order valence-corrected chi connectivity index (χ2v) is 3.40. The summed E-state index contributed by atoms with van der Waals surface area (Å²) < 4.78 is 0. The number of hydrogen-bond donors (Lipinski definition) is 2. The lowest BCUT2D eigenvalue weighted by Gasteiger charge is -2.27. The Bertz CT molecular complexity index is 416. The maximum atomic E-state index is 11.4. The van der Waals surface area contributed by atoms with Gasteiger partial charge in [-0.1, -0.05) is 5.16 Å². The number of oxime groups is 1. The minimum atomic E-state index is -0.179. The van der Waals surface area contributed by atoms with Gasteiger partial charge in [-0.2, -0.15) is 0 Å². The summed E-state index contributed by atoms with van der Waals surface area (Å²) in [6.45, 7) is 1.33. The van der Waals surface area contributed by atoms with Crippen LogP contribution in [0.25, 0.3) is 0 Å². The van der Waals surface area contributed by atoms with Crippen molar-refractivity contribution in [3.63, 3.8) is 0 Å². The molecule has 0 spiro atoms. The van der Waals surface area contributed by atoms with Gasteiger partial charge in [0.1, 0.15) is 0 Å². The molecule has 2 rings (SSSR count). The number of anilines is 1. The molecule has 1 saturated heterocycles. The number of nitrogens with zero attached hydrogens (tertiary/aromatic N) is 3. The van der Waals surface area contributed by atoms with Gasteiger partial charge in [-0.05, 0) is 0 Å². The van der Waals surface area contributed by atoms with Crippen LogP contribution in [0.1, 0.15) is 12.8 Å². The first-order chi connectivity index (χ1) is 7.31. The molecule has 15 heavy (non-hydrogen) atoms. The van der Waals surface area contributed by atoms with Gasteiger partial charge in [-0.25, -0.2) is 4.98 Å².